The van der Waals surface area contributed by atoms with Crippen molar-refractivity contribution in [3.8, 4) is 0 Å². The summed E-state index contributed by atoms with van der Waals surface area (Å²) < 4.78 is 31.7. The van der Waals surface area contributed by atoms with Crippen molar-refractivity contribution in [2.24, 2.45) is 0 Å². The first-order chi connectivity index (χ1) is 15.9. The number of carbonyl (C=O) groups is 2. The van der Waals surface area contributed by atoms with Gasteiger partial charge in [0.25, 0.3) is 11.6 Å². The monoisotopic (exact) mass is 492 g/mol. The summed E-state index contributed by atoms with van der Waals surface area (Å²) >= 11 is 0. The summed E-state index contributed by atoms with van der Waals surface area (Å²) in [5.41, 5.74) is 1.51. The number of carbonyl (C=O) groups excluding carboxylic acids is 2. The van der Waals surface area contributed by atoms with Crippen LogP contribution in [0.25, 0.3) is 0 Å². The van der Waals surface area contributed by atoms with Crippen LogP contribution < -0.4 is 14.9 Å². The second-order valence-corrected chi connectivity index (χ2v) is 9.53. The Bertz CT molecular complexity index is 1150. The molecule has 34 heavy (non-hydrogen) atoms. The lowest BCUT2D eigenvalue weighted by molar-refractivity contribution is -0.384. The van der Waals surface area contributed by atoms with Crippen LogP contribution in [0.2, 0.25) is 0 Å². The highest BCUT2D eigenvalue weighted by atomic mass is 32.2. The first-order valence-electron chi connectivity index (χ1n) is 10.5. The van der Waals surface area contributed by atoms with Crippen molar-refractivity contribution < 1.29 is 27.7 Å². The lowest BCUT2D eigenvalue weighted by Crippen LogP contribution is -2.32. The number of rotatable bonds is 11. The van der Waals surface area contributed by atoms with Crippen molar-refractivity contribution in [2.45, 2.75) is 31.1 Å². The number of ether oxygens (including phenoxy) is 1. The molecule has 0 aliphatic carbocycles. The van der Waals surface area contributed by atoms with Crippen molar-refractivity contribution in [2.75, 3.05) is 37.5 Å². The zero-order valence-corrected chi connectivity index (χ0v) is 20.2. The molecule has 2 rings (SSSR count). The fourth-order valence-corrected chi connectivity index (χ4v) is 3.95. The summed E-state index contributed by atoms with van der Waals surface area (Å²) in [4.78, 5) is 35.6. The number of amides is 1. The highest BCUT2D eigenvalue weighted by molar-refractivity contribution is 7.89. The second kappa shape index (κ2) is 11.6. The molecule has 0 spiro atoms. The number of esters is 1. The lowest BCUT2D eigenvalue weighted by Gasteiger charge is -2.14. The van der Waals surface area contributed by atoms with E-state index in [0.717, 1.165) is 18.1 Å². The quantitative estimate of drug-likeness (QED) is 0.276. The standard InChI is InChI=1S/C22H28N4O7S/c1-5-15(2)16-6-8-17(9-7-16)24-21(27)14-33-22(28)13-23-34(31,32)18-10-11-19(25(3)4)20(12-18)26(29)30/h6-12,15,23H,5,13-14H2,1-4H3,(H,24,27)/t15-/m1/s1. The van der Waals surface area contributed by atoms with Crippen LogP contribution in [0.3, 0.4) is 0 Å². The van der Waals surface area contributed by atoms with Crippen LogP contribution in [0.5, 0.6) is 0 Å². The van der Waals surface area contributed by atoms with Gasteiger partial charge in [-0.05, 0) is 42.2 Å². The molecule has 0 unspecified atom stereocenters. The Labute approximate surface area is 198 Å². The van der Waals surface area contributed by atoms with Gasteiger partial charge in [-0.25, -0.2) is 8.42 Å². The van der Waals surface area contributed by atoms with E-state index >= 15 is 0 Å². The average molecular weight is 493 g/mol. The van der Waals surface area contributed by atoms with E-state index in [-0.39, 0.29) is 10.6 Å². The molecule has 0 radical (unpaired) electrons. The minimum atomic E-state index is -4.23. The number of nitrogens with zero attached hydrogens (tertiary/aromatic N) is 2. The van der Waals surface area contributed by atoms with Crippen LogP contribution in [0.1, 0.15) is 31.7 Å². The van der Waals surface area contributed by atoms with Gasteiger partial charge in [0.15, 0.2) is 6.61 Å². The molecule has 12 heteroatoms. The number of nitro groups is 1. The van der Waals surface area contributed by atoms with Gasteiger partial charge in [0, 0.05) is 25.8 Å². The minimum absolute atomic E-state index is 0.226. The van der Waals surface area contributed by atoms with E-state index in [1.165, 1.54) is 17.0 Å². The molecule has 0 aliphatic rings. The van der Waals surface area contributed by atoms with Crippen LogP contribution in [-0.4, -0.2) is 52.5 Å². The Balaban J connectivity index is 1.90. The van der Waals surface area contributed by atoms with Crippen molar-refractivity contribution >= 4 is 39.0 Å². The summed E-state index contributed by atoms with van der Waals surface area (Å²) in [5.74, 6) is -1.17. The van der Waals surface area contributed by atoms with Gasteiger partial charge in [0.2, 0.25) is 10.0 Å². The van der Waals surface area contributed by atoms with E-state index in [9.17, 15) is 28.1 Å². The first-order valence-corrected chi connectivity index (χ1v) is 11.9. The normalized spacial score (nSPS) is 12.0. The number of benzene rings is 2. The van der Waals surface area contributed by atoms with Gasteiger partial charge in [-0.1, -0.05) is 26.0 Å². The first kappa shape index (κ1) is 26.7. The Hall–Kier alpha value is -3.51. The fourth-order valence-electron chi connectivity index (χ4n) is 2.96. The molecule has 0 saturated carbocycles. The third-order valence-corrected chi connectivity index (χ3v) is 6.48. The molecule has 0 bridgehead atoms. The molecule has 2 aromatic rings. The van der Waals surface area contributed by atoms with Crippen LogP contribution in [0, 0.1) is 10.1 Å². The Kier molecular flexibility index (Phi) is 9.10. The maximum atomic E-state index is 12.4. The van der Waals surface area contributed by atoms with Gasteiger partial charge in [-0.2, -0.15) is 4.72 Å². The predicted molar refractivity (Wildman–Crippen MR) is 127 cm³/mol. The Morgan fingerprint density at radius 3 is 2.35 bits per heavy atom. The van der Waals surface area contributed by atoms with E-state index in [1.54, 1.807) is 26.2 Å². The molecule has 184 valence electrons. The smallest absolute Gasteiger partial charge is 0.321 e. The maximum Gasteiger partial charge on any atom is 0.321 e. The second-order valence-electron chi connectivity index (χ2n) is 7.77. The Morgan fingerprint density at radius 2 is 1.79 bits per heavy atom. The Morgan fingerprint density at radius 1 is 1.15 bits per heavy atom. The van der Waals surface area contributed by atoms with E-state index in [1.807, 2.05) is 16.9 Å². The number of hydrogen-bond acceptors (Lipinski definition) is 8. The number of nitro benzene ring substituents is 1. The maximum absolute atomic E-state index is 12.4. The molecule has 0 aromatic heterocycles. The van der Waals surface area contributed by atoms with Crippen molar-refractivity contribution in [3.63, 3.8) is 0 Å². The third-order valence-electron chi connectivity index (χ3n) is 5.08. The topological polar surface area (TPSA) is 148 Å². The average Bonchev–Trinajstić information content (AvgIpc) is 2.80. The van der Waals surface area contributed by atoms with E-state index < -0.39 is 45.7 Å². The molecule has 0 saturated heterocycles. The van der Waals surface area contributed by atoms with Gasteiger partial charge in [-0.15, -0.1) is 0 Å². The van der Waals surface area contributed by atoms with Gasteiger partial charge in [-0.3, -0.25) is 19.7 Å². The minimum Gasteiger partial charge on any atom is -0.455 e. The summed E-state index contributed by atoms with van der Waals surface area (Å²) in [6.07, 6.45) is 0.990. The van der Waals surface area contributed by atoms with E-state index in [0.29, 0.717) is 11.6 Å². The molecule has 2 aromatic carbocycles. The molecule has 0 aliphatic heterocycles. The zero-order chi connectivity index (χ0) is 25.5. The molecular weight excluding hydrogens is 464 g/mol. The molecule has 2 N–H and O–H groups in total. The molecule has 0 fully saturated rings. The van der Waals surface area contributed by atoms with Crippen molar-refractivity contribution in [1.82, 2.24) is 4.72 Å². The van der Waals surface area contributed by atoms with Gasteiger partial charge < -0.3 is 15.0 Å². The van der Waals surface area contributed by atoms with Crippen LogP contribution in [0.4, 0.5) is 17.1 Å². The molecular formula is C22H28N4O7S. The summed E-state index contributed by atoms with van der Waals surface area (Å²) in [7, 11) is -1.06. The van der Waals surface area contributed by atoms with Crippen molar-refractivity contribution in [3.05, 3.63) is 58.1 Å². The third kappa shape index (κ3) is 7.25. The van der Waals surface area contributed by atoms with Crippen molar-refractivity contribution in [1.29, 1.82) is 0 Å². The molecule has 1 amide bonds. The largest absolute Gasteiger partial charge is 0.455 e. The van der Waals surface area contributed by atoms with E-state index in [4.69, 9.17) is 4.74 Å². The van der Waals surface area contributed by atoms with Crippen LogP contribution >= 0.6 is 0 Å². The zero-order valence-electron chi connectivity index (χ0n) is 19.4. The van der Waals surface area contributed by atoms with Crippen LogP contribution in [0.15, 0.2) is 47.4 Å². The van der Waals surface area contributed by atoms with Crippen LogP contribution in [-0.2, 0) is 24.3 Å². The fraction of sp³-hybridized carbons (Fsp3) is 0.364. The highest BCUT2D eigenvalue weighted by Gasteiger charge is 2.23. The lowest BCUT2D eigenvalue weighted by atomic mass is 9.99. The number of hydrogen-bond donors (Lipinski definition) is 2. The van der Waals surface area contributed by atoms with Gasteiger partial charge in [0.05, 0.1) is 9.82 Å². The number of nitrogens with one attached hydrogen (secondary N) is 2. The van der Waals surface area contributed by atoms with Gasteiger partial charge >= 0.3 is 5.97 Å². The SMILES string of the molecule is CC[C@@H](C)c1ccc(NC(=O)COC(=O)CNS(=O)(=O)c2ccc(N(C)C)c([N+](=O)[O-])c2)cc1. The molecule has 1 atom stereocenters. The number of sulfonamides is 1. The molecule has 0 heterocycles. The highest BCUT2D eigenvalue weighted by Crippen LogP contribution is 2.29. The summed E-state index contributed by atoms with van der Waals surface area (Å²) in [6.45, 7) is 2.83. The van der Waals surface area contributed by atoms with Gasteiger partial charge in [0.1, 0.15) is 12.2 Å². The summed E-state index contributed by atoms with van der Waals surface area (Å²) in [5, 5.41) is 13.9. The number of anilines is 2. The molecule has 11 nitrogen and oxygen atoms in total. The summed E-state index contributed by atoms with van der Waals surface area (Å²) in [6, 6.07) is 10.7. The van der Waals surface area contributed by atoms with E-state index in [2.05, 4.69) is 19.2 Å². The predicted octanol–water partition coefficient (Wildman–Crippen LogP) is 2.63.